The Morgan fingerprint density at radius 1 is 1.26 bits per heavy atom. The van der Waals surface area contributed by atoms with Crippen molar-refractivity contribution in [2.24, 2.45) is 16.1 Å². The number of nitrogens with two attached hydrogens (primary N) is 1. The number of guanidine groups is 1. The van der Waals surface area contributed by atoms with E-state index in [-0.39, 0.29) is 29.9 Å². The van der Waals surface area contributed by atoms with Gasteiger partial charge in [0.05, 0.1) is 5.54 Å². The minimum atomic E-state index is -0.580. The van der Waals surface area contributed by atoms with Crippen molar-refractivity contribution in [2.45, 2.75) is 46.1 Å². The highest BCUT2D eigenvalue weighted by molar-refractivity contribution is 14.0. The maximum Gasteiger partial charge on any atom is 0.237 e. The molecule has 23 heavy (non-hydrogen) atoms. The molecule has 1 amide bonds. The summed E-state index contributed by atoms with van der Waals surface area (Å²) in [5.41, 5.74) is 5.36. The summed E-state index contributed by atoms with van der Waals surface area (Å²) >= 11 is 0. The molecule has 3 N–H and O–H groups in total. The van der Waals surface area contributed by atoms with E-state index < -0.39 is 5.54 Å². The molecule has 1 aliphatic heterocycles. The van der Waals surface area contributed by atoms with E-state index in [4.69, 9.17) is 10.7 Å². The van der Waals surface area contributed by atoms with E-state index in [1.807, 2.05) is 13.8 Å². The van der Waals surface area contributed by atoms with Gasteiger partial charge in [0.1, 0.15) is 0 Å². The number of nitrogens with one attached hydrogen (secondary N) is 1. The van der Waals surface area contributed by atoms with Gasteiger partial charge in [-0.3, -0.25) is 14.7 Å². The summed E-state index contributed by atoms with van der Waals surface area (Å²) in [5.74, 6) is 0.746. The Bertz CT molecular complexity index is 440. The van der Waals surface area contributed by atoms with E-state index in [0.29, 0.717) is 5.41 Å². The predicted molar refractivity (Wildman–Crippen MR) is 105 cm³/mol. The van der Waals surface area contributed by atoms with Gasteiger partial charge in [0.15, 0.2) is 5.96 Å². The Balaban J connectivity index is 0.00000264. The van der Waals surface area contributed by atoms with Crippen molar-refractivity contribution in [3.05, 3.63) is 0 Å². The Hall–Kier alpha value is -0.570. The molecule has 0 radical (unpaired) electrons. The molecule has 134 valence electrons. The zero-order valence-electron chi connectivity index (χ0n) is 14.9. The highest BCUT2D eigenvalue weighted by Gasteiger charge is 2.38. The third-order valence-corrected chi connectivity index (χ3v) is 5.02. The molecule has 0 spiro atoms. The minimum absolute atomic E-state index is 0. The molecular weight excluding hydrogens is 405 g/mol. The summed E-state index contributed by atoms with van der Waals surface area (Å²) in [7, 11) is 0. The van der Waals surface area contributed by atoms with Gasteiger partial charge in [0.25, 0.3) is 0 Å². The number of piperazine rings is 1. The standard InChI is InChI=1S/C16H31N5O.HI/c1-5-18-14(19-12-16(4)6-7-16)20-8-10-21(11-9-20)15(2,3)13(17)22;/h5-12H2,1-4H3,(H2,17,22)(H,18,19);1H. The molecule has 0 atom stereocenters. The molecule has 7 heteroatoms. The van der Waals surface area contributed by atoms with Crippen LogP contribution in [-0.4, -0.2) is 66.5 Å². The topological polar surface area (TPSA) is 74.0 Å². The van der Waals surface area contributed by atoms with Crippen LogP contribution in [0, 0.1) is 5.41 Å². The summed E-state index contributed by atoms with van der Waals surface area (Å²) in [5, 5.41) is 3.39. The number of amides is 1. The molecule has 1 saturated carbocycles. The smallest absolute Gasteiger partial charge is 0.237 e. The molecule has 6 nitrogen and oxygen atoms in total. The van der Waals surface area contributed by atoms with E-state index >= 15 is 0 Å². The second-order valence-electron chi connectivity index (χ2n) is 7.38. The lowest BCUT2D eigenvalue weighted by atomic mass is 10.0. The number of hydrogen-bond acceptors (Lipinski definition) is 3. The second-order valence-corrected chi connectivity index (χ2v) is 7.38. The number of halogens is 1. The van der Waals surface area contributed by atoms with E-state index in [0.717, 1.165) is 45.2 Å². The molecule has 2 aliphatic rings. The highest BCUT2D eigenvalue weighted by Crippen LogP contribution is 2.45. The van der Waals surface area contributed by atoms with Crippen molar-refractivity contribution in [3.63, 3.8) is 0 Å². The highest BCUT2D eigenvalue weighted by atomic mass is 127. The van der Waals surface area contributed by atoms with Crippen LogP contribution in [0.5, 0.6) is 0 Å². The van der Waals surface area contributed by atoms with Crippen LogP contribution >= 0.6 is 24.0 Å². The lowest BCUT2D eigenvalue weighted by Crippen LogP contribution is -2.61. The number of hydrogen-bond donors (Lipinski definition) is 2. The number of carbonyl (C=O) groups excluding carboxylic acids is 1. The third-order valence-electron chi connectivity index (χ3n) is 5.02. The van der Waals surface area contributed by atoms with Gasteiger partial charge in [0, 0.05) is 39.3 Å². The van der Waals surface area contributed by atoms with E-state index in [1.54, 1.807) is 0 Å². The van der Waals surface area contributed by atoms with Crippen LogP contribution in [0.15, 0.2) is 4.99 Å². The predicted octanol–water partition coefficient (Wildman–Crippen LogP) is 1.25. The molecule has 1 saturated heterocycles. The maximum absolute atomic E-state index is 11.6. The average Bonchev–Trinajstić information content (AvgIpc) is 3.21. The third kappa shape index (κ3) is 5.20. The average molecular weight is 437 g/mol. The number of aliphatic imine (C=N–C) groups is 1. The van der Waals surface area contributed by atoms with Crippen LogP contribution in [0.1, 0.15) is 40.5 Å². The van der Waals surface area contributed by atoms with Crippen molar-refractivity contribution in [3.8, 4) is 0 Å². The van der Waals surface area contributed by atoms with Crippen LogP contribution in [0.4, 0.5) is 0 Å². The fourth-order valence-electron chi connectivity index (χ4n) is 2.70. The first kappa shape index (κ1) is 20.5. The summed E-state index contributed by atoms with van der Waals surface area (Å²) in [6.07, 6.45) is 2.58. The van der Waals surface area contributed by atoms with Crippen molar-refractivity contribution in [1.29, 1.82) is 0 Å². The monoisotopic (exact) mass is 437 g/mol. The van der Waals surface area contributed by atoms with Crippen molar-refractivity contribution in [1.82, 2.24) is 15.1 Å². The van der Waals surface area contributed by atoms with E-state index in [1.165, 1.54) is 12.8 Å². The van der Waals surface area contributed by atoms with Gasteiger partial charge in [0.2, 0.25) is 5.91 Å². The molecule has 1 heterocycles. The molecule has 1 aliphatic carbocycles. The van der Waals surface area contributed by atoms with E-state index in [2.05, 4.69) is 29.0 Å². The Kier molecular flexibility index (Phi) is 7.12. The molecular formula is C16H32IN5O. The second kappa shape index (κ2) is 8.00. The summed E-state index contributed by atoms with van der Waals surface area (Å²) in [6.45, 7) is 13.4. The Morgan fingerprint density at radius 2 is 1.83 bits per heavy atom. The number of rotatable bonds is 5. The molecule has 2 fully saturated rings. The fourth-order valence-corrected chi connectivity index (χ4v) is 2.70. The molecule has 0 aromatic carbocycles. The normalized spacial score (nSPS) is 21.6. The SMILES string of the molecule is CCNC(=NCC1(C)CC1)N1CCN(C(C)(C)C(N)=O)CC1.I. The number of carbonyl (C=O) groups is 1. The molecule has 2 rings (SSSR count). The lowest BCUT2D eigenvalue weighted by Gasteiger charge is -2.43. The molecule has 0 aromatic heterocycles. The quantitative estimate of drug-likeness (QED) is 0.386. The summed E-state index contributed by atoms with van der Waals surface area (Å²) < 4.78 is 0. The van der Waals surface area contributed by atoms with Gasteiger partial charge < -0.3 is 16.0 Å². The van der Waals surface area contributed by atoms with Crippen LogP contribution in [0.25, 0.3) is 0 Å². The van der Waals surface area contributed by atoms with E-state index in [9.17, 15) is 4.79 Å². The first-order valence-corrected chi connectivity index (χ1v) is 8.37. The van der Waals surface area contributed by atoms with Gasteiger partial charge in [-0.1, -0.05) is 6.92 Å². The van der Waals surface area contributed by atoms with Crippen molar-refractivity contribution >= 4 is 35.8 Å². The number of nitrogens with zero attached hydrogens (tertiary/aromatic N) is 3. The largest absolute Gasteiger partial charge is 0.368 e. The van der Waals surface area contributed by atoms with Gasteiger partial charge in [-0.05, 0) is 39.0 Å². The first-order chi connectivity index (χ1) is 10.3. The van der Waals surface area contributed by atoms with Gasteiger partial charge in [-0.2, -0.15) is 0 Å². The first-order valence-electron chi connectivity index (χ1n) is 8.37. The van der Waals surface area contributed by atoms with Crippen molar-refractivity contribution < 1.29 is 4.79 Å². The van der Waals surface area contributed by atoms with Crippen LogP contribution < -0.4 is 11.1 Å². The zero-order valence-corrected chi connectivity index (χ0v) is 17.2. The van der Waals surface area contributed by atoms with Crippen LogP contribution in [0.3, 0.4) is 0 Å². The molecule has 0 aromatic rings. The minimum Gasteiger partial charge on any atom is -0.368 e. The summed E-state index contributed by atoms with van der Waals surface area (Å²) in [6, 6.07) is 0. The van der Waals surface area contributed by atoms with Crippen molar-refractivity contribution in [2.75, 3.05) is 39.3 Å². The molecule has 0 bridgehead atoms. The van der Waals surface area contributed by atoms with Crippen LogP contribution in [-0.2, 0) is 4.79 Å². The zero-order chi connectivity index (χ0) is 16.4. The Labute approximate surface area is 157 Å². The lowest BCUT2D eigenvalue weighted by molar-refractivity contribution is -0.129. The van der Waals surface area contributed by atoms with Gasteiger partial charge >= 0.3 is 0 Å². The van der Waals surface area contributed by atoms with Crippen LogP contribution in [0.2, 0.25) is 0 Å². The number of primary amides is 1. The van der Waals surface area contributed by atoms with Gasteiger partial charge in [-0.15, -0.1) is 24.0 Å². The molecule has 0 unspecified atom stereocenters. The maximum atomic E-state index is 11.6. The Morgan fingerprint density at radius 3 is 2.26 bits per heavy atom. The fraction of sp³-hybridized carbons (Fsp3) is 0.875. The van der Waals surface area contributed by atoms with Gasteiger partial charge in [-0.25, -0.2) is 0 Å². The summed E-state index contributed by atoms with van der Waals surface area (Å²) in [4.78, 5) is 20.9.